The molecule has 1 N–H and O–H groups in total. The molecule has 1 amide bonds. The van der Waals surface area contributed by atoms with Crippen LogP contribution in [0.3, 0.4) is 0 Å². The molecule has 1 aliphatic rings. The van der Waals surface area contributed by atoms with Crippen molar-refractivity contribution in [3.05, 3.63) is 59.3 Å². The first-order chi connectivity index (χ1) is 14.4. The number of rotatable bonds is 6. The number of carbonyl (C=O) groups is 3. The average molecular weight is 408 g/mol. The largest absolute Gasteiger partial charge is 0.490 e. The van der Waals surface area contributed by atoms with Crippen molar-refractivity contribution in [2.45, 2.75) is 20.8 Å². The molecule has 3 rings (SSSR count). The summed E-state index contributed by atoms with van der Waals surface area (Å²) >= 11 is 0. The molecular formula is C22H20N2O6. The van der Waals surface area contributed by atoms with Crippen LogP contribution in [-0.4, -0.2) is 30.4 Å². The van der Waals surface area contributed by atoms with Crippen LogP contribution in [0.1, 0.15) is 31.9 Å². The molecule has 0 atom stereocenters. The predicted octanol–water partition coefficient (Wildman–Crippen LogP) is 3.31. The van der Waals surface area contributed by atoms with Gasteiger partial charge in [-0.3, -0.25) is 9.59 Å². The number of hydrogen-bond acceptors (Lipinski definition) is 7. The number of carbonyl (C=O) groups excluding carboxylic acids is 3. The highest BCUT2D eigenvalue weighted by Gasteiger charge is 2.24. The lowest BCUT2D eigenvalue weighted by molar-refractivity contribution is -0.132. The van der Waals surface area contributed by atoms with Crippen molar-refractivity contribution in [3.8, 4) is 11.5 Å². The van der Waals surface area contributed by atoms with Gasteiger partial charge in [0.1, 0.15) is 0 Å². The molecule has 0 aliphatic carbocycles. The van der Waals surface area contributed by atoms with Gasteiger partial charge in [0.2, 0.25) is 11.8 Å². The molecule has 0 saturated heterocycles. The van der Waals surface area contributed by atoms with Gasteiger partial charge in [0.05, 0.1) is 6.61 Å². The van der Waals surface area contributed by atoms with Gasteiger partial charge in [0.25, 0.3) is 0 Å². The average Bonchev–Trinajstić information content (AvgIpc) is 3.04. The summed E-state index contributed by atoms with van der Waals surface area (Å²) in [5, 5.41) is 2.66. The molecule has 0 fully saturated rings. The van der Waals surface area contributed by atoms with Crippen molar-refractivity contribution in [1.82, 2.24) is 0 Å². The Balaban J connectivity index is 1.85. The Kier molecular flexibility index (Phi) is 6.26. The molecule has 0 saturated carbocycles. The van der Waals surface area contributed by atoms with E-state index in [1.54, 1.807) is 48.5 Å². The van der Waals surface area contributed by atoms with Gasteiger partial charge in [0.15, 0.2) is 17.2 Å². The summed E-state index contributed by atoms with van der Waals surface area (Å²) in [4.78, 5) is 38.8. The van der Waals surface area contributed by atoms with E-state index in [1.165, 1.54) is 13.8 Å². The Morgan fingerprint density at radius 2 is 1.83 bits per heavy atom. The van der Waals surface area contributed by atoms with Crippen LogP contribution < -0.4 is 14.8 Å². The first-order valence-electron chi connectivity index (χ1n) is 9.21. The fourth-order valence-electron chi connectivity index (χ4n) is 2.71. The molecule has 0 bridgehead atoms. The van der Waals surface area contributed by atoms with Crippen LogP contribution in [0.25, 0.3) is 6.08 Å². The zero-order valence-electron chi connectivity index (χ0n) is 16.7. The molecule has 8 nitrogen and oxygen atoms in total. The van der Waals surface area contributed by atoms with Crippen LogP contribution in [-0.2, 0) is 19.1 Å². The summed E-state index contributed by atoms with van der Waals surface area (Å²) in [5.41, 5.74) is 1.98. The fraction of sp³-hybridized carbons (Fsp3) is 0.182. The van der Waals surface area contributed by atoms with E-state index in [0.29, 0.717) is 34.9 Å². The van der Waals surface area contributed by atoms with Gasteiger partial charge in [-0.25, -0.2) is 9.79 Å². The van der Waals surface area contributed by atoms with Crippen LogP contribution in [0, 0.1) is 0 Å². The number of cyclic esters (lactones) is 1. The molecule has 1 heterocycles. The van der Waals surface area contributed by atoms with E-state index >= 15 is 0 Å². The SMILES string of the molecule is CCOc1cc(C=C2N=C(c3ccc(NC(C)=O)cc3)OC2=O)ccc1OC(C)=O. The molecule has 1 aliphatic heterocycles. The summed E-state index contributed by atoms with van der Waals surface area (Å²) in [7, 11) is 0. The van der Waals surface area contributed by atoms with Gasteiger partial charge in [-0.05, 0) is 55.0 Å². The molecule has 30 heavy (non-hydrogen) atoms. The molecule has 8 heteroatoms. The minimum atomic E-state index is -0.585. The number of esters is 2. The van der Waals surface area contributed by atoms with Crippen molar-refractivity contribution in [3.63, 3.8) is 0 Å². The summed E-state index contributed by atoms with van der Waals surface area (Å²) in [6.07, 6.45) is 1.56. The molecule has 0 radical (unpaired) electrons. The number of anilines is 1. The maximum atomic E-state index is 12.2. The maximum Gasteiger partial charge on any atom is 0.363 e. The topological polar surface area (TPSA) is 103 Å². The fourth-order valence-corrected chi connectivity index (χ4v) is 2.71. The van der Waals surface area contributed by atoms with Crippen LogP contribution >= 0.6 is 0 Å². The van der Waals surface area contributed by atoms with E-state index in [0.717, 1.165) is 0 Å². The number of benzene rings is 2. The van der Waals surface area contributed by atoms with Gasteiger partial charge >= 0.3 is 11.9 Å². The van der Waals surface area contributed by atoms with E-state index < -0.39 is 11.9 Å². The number of amides is 1. The molecule has 0 spiro atoms. The molecule has 0 aromatic heterocycles. The third-order valence-electron chi connectivity index (χ3n) is 3.90. The Labute approximate surface area is 173 Å². The summed E-state index contributed by atoms with van der Waals surface area (Å²) < 4.78 is 15.9. The molecule has 2 aromatic rings. The second-order valence-electron chi connectivity index (χ2n) is 6.33. The van der Waals surface area contributed by atoms with Crippen molar-refractivity contribution >= 4 is 35.5 Å². The Morgan fingerprint density at radius 1 is 1.10 bits per heavy atom. The highest BCUT2D eigenvalue weighted by Crippen LogP contribution is 2.30. The maximum absolute atomic E-state index is 12.2. The first kappa shape index (κ1) is 20.8. The Bertz CT molecular complexity index is 1050. The monoisotopic (exact) mass is 408 g/mol. The van der Waals surface area contributed by atoms with Crippen molar-refractivity contribution < 1.29 is 28.6 Å². The van der Waals surface area contributed by atoms with Crippen LogP contribution in [0.5, 0.6) is 11.5 Å². The molecule has 2 aromatic carbocycles. The molecule has 0 unspecified atom stereocenters. The van der Waals surface area contributed by atoms with Gasteiger partial charge in [-0.15, -0.1) is 0 Å². The lowest BCUT2D eigenvalue weighted by atomic mass is 10.1. The quantitative estimate of drug-likeness (QED) is 0.447. The number of aliphatic imine (C=N–C) groups is 1. The molecular weight excluding hydrogens is 388 g/mol. The second-order valence-corrected chi connectivity index (χ2v) is 6.33. The van der Waals surface area contributed by atoms with Gasteiger partial charge in [-0.1, -0.05) is 6.07 Å². The van der Waals surface area contributed by atoms with Crippen molar-refractivity contribution in [2.75, 3.05) is 11.9 Å². The standard InChI is InChI=1S/C22H20N2O6/c1-4-28-20-12-15(5-10-19(20)29-14(3)26)11-18-22(27)30-21(24-18)16-6-8-17(9-7-16)23-13(2)25/h5-12H,4H2,1-3H3,(H,23,25). The van der Waals surface area contributed by atoms with Gasteiger partial charge in [0, 0.05) is 25.1 Å². The van der Waals surface area contributed by atoms with Crippen LogP contribution in [0.4, 0.5) is 5.69 Å². The minimum Gasteiger partial charge on any atom is -0.490 e. The van der Waals surface area contributed by atoms with E-state index in [4.69, 9.17) is 14.2 Å². The number of hydrogen-bond donors (Lipinski definition) is 1. The second kappa shape index (κ2) is 9.04. The van der Waals surface area contributed by atoms with Gasteiger partial charge < -0.3 is 19.5 Å². The van der Waals surface area contributed by atoms with E-state index in [1.807, 2.05) is 6.92 Å². The normalized spacial score (nSPS) is 14.2. The lowest BCUT2D eigenvalue weighted by Crippen LogP contribution is -2.07. The summed E-state index contributed by atoms with van der Waals surface area (Å²) in [5.74, 6) is -0.376. The first-order valence-corrected chi connectivity index (χ1v) is 9.21. The van der Waals surface area contributed by atoms with Crippen molar-refractivity contribution in [2.24, 2.45) is 4.99 Å². The Hall–Kier alpha value is -3.94. The number of nitrogens with zero attached hydrogens (tertiary/aromatic N) is 1. The van der Waals surface area contributed by atoms with E-state index in [9.17, 15) is 14.4 Å². The minimum absolute atomic E-state index is 0.124. The molecule has 154 valence electrons. The predicted molar refractivity (Wildman–Crippen MR) is 110 cm³/mol. The van der Waals surface area contributed by atoms with Crippen LogP contribution in [0.2, 0.25) is 0 Å². The Morgan fingerprint density at radius 3 is 2.47 bits per heavy atom. The smallest absolute Gasteiger partial charge is 0.363 e. The van der Waals surface area contributed by atoms with E-state index in [-0.39, 0.29) is 17.5 Å². The van der Waals surface area contributed by atoms with Crippen molar-refractivity contribution in [1.29, 1.82) is 0 Å². The van der Waals surface area contributed by atoms with Crippen LogP contribution in [0.15, 0.2) is 53.2 Å². The number of ether oxygens (including phenoxy) is 3. The summed E-state index contributed by atoms with van der Waals surface area (Å²) in [6.45, 7) is 4.92. The van der Waals surface area contributed by atoms with E-state index in [2.05, 4.69) is 10.3 Å². The highest BCUT2D eigenvalue weighted by atomic mass is 16.6. The third kappa shape index (κ3) is 5.11. The number of nitrogens with one attached hydrogen (secondary N) is 1. The summed E-state index contributed by atoms with van der Waals surface area (Å²) in [6, 6.07) is 11.7. The zero-order chi connectivity index (χ0) is 21.7. The lowest BCUT2D eigenvalue weighted by Gasteiger charge is -2.10. The zero-order valence-corrected chi connectivity index (χ0v) is 16.7. The van der Waals surface area contributed by atoms with Gasteiger partial charge in [-0.2, -0.15) is 0 Å². The highest BCUT2D eigenvalue weighted by molar-refractivity contribution is 6.13. The third-order valence-corrected chi connectivity index (χ3v) is 3.90.